The van der Waals surface area contributed by atoms with Crippen molar-refractivity contribution in [3.63, 3.8) is 0 Å². The third kappa shape index (κ3) is 4.73. The Labute approximate surface area is 169 Å². The molecule has 1 aliphatic heterocycles. The molecule has 2 amide bonds. The second-order valence-corrected chi connectivity index (χ2v) is 6.77. The molecule has 1 aromatic carbocycles. The summed E-state index contributed by atoms with van der Waals surface area (Å²) in [4.78, 5) is 35.5. The van der Waals surface area contributed by atoms with Crippen LogP contribution in [0.1, 0.15) is 17.3 Å². The smallest absolute Gasteiger partial charge is 0.372 e. The molecule has 0 aliphatic carbocycles. The Kier molecular flexibility index (Phi) is 7.42. The molecule has 1 saturated heterocycles. The van der Waals surface area contributed by atoms with Gasteiger partial charge in [-0.25, -0.2) is 9.18 Å². The lowest BCUT2D eigenvalue weighted by molar-refractivity contribution is -0.277. The van der Waals surface area contributed by atoms with Crippen LogP contribution in [0.3, 0.4) is 0 Å². The molecule has 0 spiro atoms. The second kappa shape index (κ2) is 9.43. The molecule has 1 aliphatic rings. The first-order valence-corrected chi connectivity index (χ1v) is 8.87. The normalized spacial score (nSPS) is 30.7. The predicted octanol–water partition coefficient (Wildman–Crippen LogP) is -1.51. The molecule has 166 valence electrons. The SMILES string of the molecule is CC(=O)N[C@H]1[C@H]([C@H](O)[C@H](O)CO)OC(F)(C(=O)O)C(F)[C@@H]1NC(=O)c1ccccc1. The van der Waals surface area contributed by atoms with E-state index in [4.69, 9.17) is 10.2 Å². The standard InChI is InChI=1S/C18H22F2N2O8/c1-8(24)21-11-12(22-16(27)9-5-3-2-4-6-9)15(19)18(20,17(28)29)30-14(11)13(26)10(25)7-23/h2-6,10-15,23,25-26H,7H2,1H3,(H,21,24)(H,22,27)(H,28,29)/t10-,11-,12-,13-,14-,15?,18?/m1/s1. The molecule has 1 heterocycles. The zero-order valence-electron chi connectivity index (χ0n) is 15.7. The van der Waals surface area contributed by atoms with Crippen LogP contribution < -0.4 is 10.6 Å². The van der Waals surface area contributed by atoms with Gasteiger partial charge in [-0.2, -0.15) is 4.39 Å². The van der Waals surface area contributed by atoms with Gasteiger partial charge in [-0.3, -0.25) is 9.59 Å². The third-order valence-electron chi connectivity index (χ3n) is 4.63. The number of carboxylic acids is 1. The van der Waals surface area contributed by atoms with Crippen LogP contribution in [0, 0.1) is 0 Å². The van der Waals surface area contributed by atoms with Crippen molar-refractivity contribution >= 4 is 17.8 Å². The molecule has 1 fully saturated rings. The summed E-state index contributed by atoms with van der Waals surface area (Å²) >= 11 is 0. The quantitative estimate of drug-likeness (QED) is 0.303. The lowest BCUT2D eigenvalue weighted by Crippen LogP contribution is -2.74. The summed E-state index contributed by atoms with van der Waals surface area (Å²) in [7, 11) is 0. The van der Waals surface area contributed by atoms with Gasteiger partial charge in [0.2, 0.25) is 5.91 Å². The average Bonchev–Trinajstić information content (AvgIpc) is 2.72. The van der Waals surface area contributed by atoms with Gasteiger partial charge in [-0.15, -0.1) is 0 Å². The topological polar surface area (TPSA) is 165 Å². The van der Waals surface area contributed by atoms with Gasteiger partial charge >= 0.3 is 11.8 Å². The van der Waals surface area contributed by atoms with Crippen LogP contribution in [-0.2, 0) is 14.3 Å². The molecule has 0 radical (unpaired) electrons. The maximum Gasteiger partial charge on any atom is 0.372 e. The highest BCUT2D eigenvalue weighted by Gasteiger charge is 2.63. The van der Waals surface area contributed by atoms with Crippen molar-refractivity contribution in [3.8, 4) is 0 Å². The highest BCUT2D eigenvalue weighted by molar-refractivity contribution is 5.94. The fourth-order valence-electron chi connectivity index (χ4n) is 3.12. The lowest BCUT2D eigenvalue weighted by atomic mass is 9.85. The van der Waals surface area contributed by atoms with Crippen molar-refractivity contribution in [2.24, 2.45) is 0 Å². The van der Waals surface area contributed by atoms with Crippen molar-refractivity contribution in [1.29, 1.82) is 0 Å². The van der Waals surface area contributed by atoms with Crippen molar-refractivity contribution in [2.75, 3.05) is 6.61 Å². The Morgan fingerprint density at radius 2 is 1.77 bits per heavy atom. The molecule has 30 heavy (non-hydrogen) atoms. The number of aliphatic hydroxyl groups is 3. The van der Waals surface area contributed by atoms with Crippen molar-refractivity contribution in [1.82, 2.24) is 10.6 Å². The Bertz CT molecular complexity index is 783. The number of benzene rings is 1. The van der Waals surface area contributed by atoms with Gasteiger partial charge in [0.25, 0.3) is 5.91 Å². The van der Waals surface area contributed by atoms with Gasteiger partial charge in [0.15, 0.2) is 6.17 Å². The molecule has 0 bridgehead atoms. The predicted molar refractivity (Wildman–Crippen MR) is 95.6 cm³/mol. The Morgan fingerprint density at radius 1 is 1.17 bits per heavy atom. The van der Waals surface area contributed by atoms with E-state index in [1.165, 1.54) is 24.3 Å². The van der Waals surface area contributed by atoms with E-state index in [0.717, 1.165) is 6.92 Å². The number of aliphatic carboxylic acids is 1. The number of carbonyl (C=O) groups excluding carboxylic acids is 2. The molecular weight excluding hydrogens is 410 g/mol. The van der Waals surface area contributed by atoms with E-state index < -0.39 is 66.8 Å². The van der Waals surface area contributed by atoms with Crippen molar-refractivity contribution in [3.05, 3.63) is 35.9 Å². The van der Waals surface area contributed by atoms with Gasteiger partial charge in [0.05, 0.1) is 18.7 Å². The average molecular weight is 432 g/mol. The lowest BCUT2D eigenvalue weighted by Gasteiger charge is -2.47. The first-order chi connectivity index (χ1) is 14.0. The number of carboxylic acid groups (broad SMARTS) is 1. The van der Waals surface area contributed by atoms with E-state index in [1.54, 1.807) is 6.07 Å². The highest BCUT2D eigenvalue weighted by Crippen LogP contribution is 2.36. The first kappa shape index (κ1) is 23.6. The number of hydrogen-bond donors (Lipinski definition) is 6. The molecule has 0 aromatic heterocycles. The summed E-state index contributed by atoms with van der Waals surface area (Å²) in [5, 5.41) is 42.4. The fourth-order valence-corrected chi connectivity index (χ4v) is 3.12. The minimum atomic E-state index is -4.02. The van der Waals surface area contributed by atoms with E-state index in [9.17, 15) is 29.0 Å². The molecule has 2 rings (SSSR count). The Balaban J connectivity index is 2.49. The number of aliphatic hydroxyl groups excluding tert-OH is 3. The molecule has 6 N–H and O–H groups in total. The van der Waals surface area contributed by atoms with Gasteiger partial charge in [0, 0.05) is 12.5 Å². The number of nitrogens with one attached hydrogen (secondary N) is 2. The third-order valence-corrected chi connectivity index (χ3v) is 4.63. The highest BCUT2D eigenvalue weighted by atomic mass is 19.2. The summed E-state index contributed by atoms with van der Waals surface area (Å²) in [5.41, 5.74) is 0.0324. The summed E-state index contributed by atoms with van der Waals surface area (Å²) in [6.07, 6.45) is -9.12. The maximum absolute atomic E-state index is 15.0. The molecule has 10 nitrogen and oxygen atoms in total. The van der Waals surface area contributed by atoms with Crippen molar-refractivity contribution in [2.45, 2.75) is 49.3 Å². The van der Waals surface area contributed by atoms with Crippen LogP contribution >= 0.6 is 0 Å². The zero-order chi connectivity index (χ0) is 22.6. The van der Waals surface area contributed by atoms with Crippen molar-refractivity contribution < 1.29 is 48.3 Å². The minimum absolute atomic E-state index is 0.0324. The molecule has 1 aromatic rings. The molecule has 12 heteroatoms. The second-order valence-electron chi connectivity index (χ2n) is 6.77. The van der Waals surface area contributed by atoms with Crippen LogP contribution in [0.15, 0.2) is 30.3 Å². The largest absolute Gasteiger partial charge is 0.477 e. The van der Waals surface area contributed by atoms with Gasteiger partial charge in [-0.1, -0.05) is 18.2 Å². The van der Waals surface area contributed by atoms with Gasteiger partial charge in [-0.05, 0) is 12.1 Å². The van der Waals surface area contributed by atoms with Crippen LogP contribution in [0.25, 0.3) is 0 Å². The zero-order valence-corrected chi connectivity index (χ0v) is 15.7. The monoisotopic (exact) mass is 432 g/mol. The van der Waals surface area contributed by atoms with E-state index in [-0.39, 0.29) is 5.56 Å². The molecular formula is C18H22F2N2O8. The van der Waals surface area contributed by atoms with Gasteiger partial charge in [0.1, 0.15) is 18.3 Å². The van der Waals surface area contributed by atoms with Crippen LogP contribution in [0.2, 0.25) is 0 Å². The van der Waals surface area contributed by atoms with Gasteiger partial charge < -0.3 is 35.8 Å². The number of rotatable bonds is 7. The summed E-state index contributed by atoms with van der Waals surface area (Å²) in [6, 6.07) is 3.61. The van der Waals surface area contributed by atoms with E-state index in [0.29, 0.717) is 0 Å². The number of amides is 2. The summed E-state index contributed by atoms with van der Waals surface area (Å²) in [5.74, 6) is -8.12. The Morgan fingerprint density at radius 3 is 2.27 bits per heavy atom. The molecule has 0 saturated carbocycles. The minimum Gasteiger partial charge on any atom is -0.477 e. The number of carbonyl (C=O) groups is 3. The van der Waals surface area contributed by atoms with E-state index >= 15 is 4.39 Å². The van der Waals surface area contributed by atoms with Crippen LogP contribution in [-0.4, -0.2) is 87.2 Å². The number of alkyl halides is 2. The summed E-state index contributed by atoms with van der Waals surface area (Å²) < 4.78 is 34.6. The maximum atomic E-state index is 15.0. The van der Waals surface area contributed by atoms with Crippen LogP contribution in [0.5, 0.6) is 0 Å². The molecule has 2 unspecified atom stereocenters. The summed E-state index contributed by atoms with van der Waals surface area (Å²) in [6.45, 7) is -0.0238. The first-order valence-electron chi connectivity index (χ1n) is 8.87. The fraction of sp³-hybridized carbons (Fsp3) is 0.500. The van der Waals surface area contributed by atoms with Crippen LogP contribution in [0.4, 0.5) is 8.78 Å². The number of hydrogen-bond acceptors (Lipinski definition) is 7. The van der Waals surface area contributed by atoms with E-state index in [1.807, 2.05) is 0 Å². The Hall–Kier alpha value is -2.67. The molecule has 7 atom stereocenters. The number of ether oxygens (including phenoxy) is 1. The van der Waals surface area contributed by atoms with E-state index in [2.05, 4.69) is 15.4 Å². The number of halogens is 2.